The lowest BCUT2D eigenvalue weighted by molar-refractivity contribution is -0.122. The first-order chi connectivity index (χ1) is 13.1. The number of aryl methyl sites for hydroxylation is 1. The Hall–Kier alpha value is -3.48. The van der Waals surface area contributed by atoms with E-state index in [1.807, 2.05) is 61.5 Å². The van der Waals surface area contributed by atoms with Crippen molar-refractivity contribution in [2.24, 2.45) is 5.92 Å². The second kappa shape index (κ2) is 7.03. The molecule has 1 aromatic heterocycles. The van der Waals surface area contributed by atoms with E-state index in [1.54, 1.807) is 15.8 Å². The summed E-state index contributed by atoms with van der Waals surface area (Å²) < 4.78 is 1.72. The van der Waals surface area contributed by atoms with Crippen molar-refractivity contribution in [2.45, 2.75) is 13.3 Å². The number of carbonyl (C=O) groups is 2. The van der Waals surface area contributed by atoms with Crippen LogP contribution in [-0.4, -0.2) is 33.4 Å². The monoisotopic (exact) mass is 361 g/mol. The molecule has 1 atom stereocenters. The summed E-state index contributed by atoms with van der Waals surface area (Å²) in [5.41, 5.74) is 3.31. The average molecular weight is 361 g/mol. The van der Waals surface area contributed by atoms with Crippen molar-refractivity contribution in [1.29, 1.82) is 0 Å². The lowest BCUT2D eigenvalue weighted by atomic mass is 10.1. The van der Waals surface area contributed by atoms with E-state index in [4.69, 9.17) is 0 Å². The lowest BCUT2D eigenvalue weighted by Crippen LogP contribution is -2.28. The molecule has 1 N–H and O–H groups in total. The van der Waals surface area contributed by atoms with Crippen LogP contribution >= 0.6 is 0 Å². The summed E-state index contributed by atoms with van der Waals surface area (Å²) >= 11 is 0. The van der Waals surface area contributed by atoms with Crippen molar-refractivity contribution in [2.75, 3.05) is 16.8 Å². The molecule has 27 heavy (non-hydrogen) atoms. The minimum Gasteiger partial charge on any atom is -0.326 e. The molecule has 0 bridgehead atoms. The van der Waals surface area contributed by atoms with Gasteiger partial charge in [0.1, 0.15) is 0 Å². The maximum atomic E-state index is 12.6. The van der Waals surface area contributed by atoms with E-state index in [1.165, 1.54) is 0 Å². The van der Waals surface area contributed by atoms with E-state index >= 15 is 0 Å². The Morgan fingerprint density at radius 3 is 2.48 bits per heavy atom. The molecule has 1 aliphatic rings. The maximum Gasteiger partial charge on any atom is 0.229 e. The number of nitrogens with zero attached hydrogens (tertiary/aromatic N) is 4. The minimum atomic E-state index is -0.366. The summed E-state index contributed by atoms with van der Waals surface area (Å²) in [5, 5.41) is 10.8. The first-order valence-electron chi connectivity index (χ1n) is 8.76. The topological polar surface area (TPSA) is 80.1 Å². The Balaban J connectivity index is 1.42. The number of rotatable bonds is 4. The standard InChI is InChI=1S/C20H19N5O2/c1-14-12-21-23-25(14)18-9-7-16(8-10-18)22-20(27)15-11-19(26)24(13-15)17-5-3-2-4-6-17/h2-10,12,15H,11,13H2,1H3,(H,22,27). The smallest absolute Gasteiger partial charge is 0.229 e. The van der Waals surface area contributed by atoms with Crippen LogP contribution in [0.4, 0.5) is 11.4 Å². The van der Waals surface area contributed by atoms with Crippen LogP contribution in [0.5, 0.6) is 0 Å². The Kier molecular flexibility index (Phi) is 4.42. The van der Waals surface area contributed by atoms with E-state index < -0.39 is 0 Å². The van der Waals surface area contributed by atoms with Gasteiger partial charge in [-0.25, -0.2) is 4.68 Å². The van der Waals surface area contributed by atoms with Gasteiger partial charge in [0.15, 0.2) is 0 Å². The molecule has 1 fully saturated rings. The van der Waals surface area contributed by atoms with E-state index in [9.17, 15) is 9.59 Å². The normalized spacial score (nSPS) is 16.6. The summed E-state index contributed by atoms with van der Waals surface area (Å²) in [4.78, 5) is 26.5. The summed E-state index contributed by atoms with van der Waals surface area (Å²) in [5.74, 6) is -0.542. The second-order valence-corrected chi connectivity index (χ2v) is 6.56. The molecular weight excluding hydrogens is 342 g/mol. The van der Waals surface area contributed by atoms with Gasteiger partial charge in [-0.1, -0.05) is 23.4 Å². The van der Waals surface area contributed by atoms with Crippen LogP contribution in [0.3, 0.4) is 0 Å². The number of amides is 2. The number of hydrogen-bond donors (Lipinski definition) is 1. The van der Waals surface area contributed by atoms with Crippen LogP contribution in [0.25, 0.3) is 5.69 Å². The van der Waals surface area contributed by atoms with Crippen molar-refractivity contribution < 1.29 is 9.59 Å². The van der Waals surface area contributed by atoms with Gasteiger partial charge >= 0.3 is 0 Å². The van der Waals surface area contributed by atoms with Gasteiger partial charge in [-0.15, -0.1) is 5.10 Å². The van der Waals surface area contributed by atoms with Crippen LogP contribution in [0.15, 0.2) is 60.8 Å². The third kappa shape index (κ3) is 3.44. The highest BCUT2D eigenvalue weighted by molar-refractivity contribution is 6.03. The third-order valence-electron chi connectivity index (χ3n) is 4.66. The molecule has 136 valence electrons. The van der Waals surface area contributed by atoms with Crippen LogP contribution in [-0.2, 0) is 9.59 Å². The van der Waals surface area contributed by atoms with Crippen LogP contribution in [0.2, 0.25) is 0 Å². The van der Waals surface area contributed by atoms with Gasteiger partial charge in [-0.3, -0.25) is 9.59 Å². The van der Waals surface area contributed by atoms with E-state index in [2.05, 4.69) is 15.6 Å². The maximum absolute atomic E-state index is 12.6. The first kappa shape index (κ1) is 17.0. The quantitative estimate of drug-likeness (QED) is 0.774. The minimum absolute atomic E-state index is 0.0293. The zero-order valence-corrected chi connectivity index (χ0v) is 14.9. The molecule has 2 heterocycles. The van der Waals surface area contributed by atoms with E-state index in [0.717, 1.165) is 17.1 Å². The fraction of sp³-hybridized carbons (Fsp3) is 0.200. The number of benzene rings is 2. The third-order valence-corrected chi connectivity index (χ3v) is 4.66. The molecule has 7 nitrogen and oxygen atoms in total. The van der Waals surface area contributed by atoms with Gasteiger partial charge in [0.2, 0.25) is 11.8 Å². The van der Waals surface area contributed by atoms with E-state index in [0.29, 0.717) is 12.2 Å². The van der Waals surface area contributed by atoms with Crippen LogP contribution in [0, 0.1) is 12.8 Å². The largest absolute Gasteiger partial charge is 0.326 e. The molecule has 1 unspecified atom stereocenters. The highest BCUT2D eigenvalue weighted by Crippen LogP contribution is 2.26. The van der Waals surface area contributed by atoms with Crippen LogP contribution < -0.4 is 10.2 Å². The lowest BCUT2D eigenvalue weighted by Gasteiger charge is -2.16. The molecule has 1 saturated heterocycles. The number of anilines is 2. The number of hydrogen-bond acceptors (Lipinski definition) is 4. The SMILES string of the molecule is Cc1cnnn1-c1ccc(NC(=O)C2CC(=O)N(c3ccccc3)C2)cc1. The molecule has 0 radical (unpaired) electrons. The average Bonchev–Trinajstić information content (AvgIpc) is 3.29. The van der Waals surface area contributed by atoms with Gasteiger partial charge in [-0.2, -0.15) is 0 Å². The highest BCUT2D eigenvalue weighted by atomic mass is 16.2. The predicted molar refractivity (Wildman–Crippen MR) is 102 cm³/mol. The summed E-state index contributed by atoms with van der Waals surface area (Å²) in [6.07, 6.45) is 1.91. The summed E-state index contributed by atoms with van der Waals surface area (Å²) in [6, 6.07) is 16.8. The van der Waals surface area contributed by atoms with Crippen molar-refractivity contribution in [3.05, 3.63) is 66.5 Å². The molecule has 1 aliphatic heterocycles. The number of carbonyl (C=O) groups excluding carboxylic acids is 2. The molecule has 2 aromatic carbocycles. The summed E-state index contributed by atoms with van der Waals surface area (Å²) in [6.45, 7) is 2.32. The predicted octanol–water partition coefficient (Wildman–Crippen LogP) is 2.57. The van der Waals surface area contributed by atoms with Crippen molar-refractivity contribution in [3.63, 3.8) is 0 Å². The molecule has 4 rings (SSSR count). The number of aromatic nitrogens is 3. The molecule has 7 heteroatoms. The van der Waals surface area contributed by atoms with Gasteiger partial charge < -0.3 is 10.2 Å². The fourth-order valence-electron chi connectivity index (χ4n) is 3.21. The number of nitrogens with one attached hydrogen (secondary N) is 1. The fourth-order valence-corrected chi connectivity index (χ4v) is 3.21. The summed E-state index contributed by atoms with van der Waals surface area (Å²) in [7, 11) is 0. The van der Waals surface area contributed by atoms with Gasteiger partial charge in [0, 0.05) is 24.3 Å². The van der Waals surface area contributed by atoms with Crippen molar-refractivity contribution in [3.8, 4) is 5.69 Å². The molecule has 0 aliphatic carbocycles. The van der Waals surface area contributed by atoms with Gasteiger partial charge in [-0.05, 0) is 43.3 Å². The Morgan fingerprint density at radius 2 is 1.81 bits per heavy atom. The second-order valence-electron chi connectivity index (χ2n) is 6.56. The van der Waals surface area contributed by atoms with Gasteiger partial charge in [0.05, 0.1) is 23.5 Å². The van der Waals surface area contributed by atoms with Crippen molar-refractivity contribution >= 4 is 23.2 Å². The molecule has 2 amide bonds. The zero-order valence-electron chi connectivity index (χ0n) is 14.9. The molecule has 0 saturated carbocycles. The Bertz CT molecular complexity index is 966. The zero-order chi connectivity index (χ0) is 18.8. The molecule has 3 aromatic rings. The first-order valence-corrected chi connectivity index (χ1v) is 8.76. The molecular formula is C20H19N5O2. The van der Waals surface area contributed by atoms with Gasteiger partial charge in [0.25, 0.3) is 0 Å². The number of para-hydroxylation sites is 1. The Labute approximate surface area is 156 Å². The van der Waals surface area contributed by atoms with Crippen molar-refractivity contribution in [1.82, 2.24) is 15.0 Å². The van der Waals surface area contributed by atoms with Crippen LogP contribution in [0.1, 0.15) is 12.1 Å². The van der Waals surface area contributed by atoms with E-state index in [-0.39, 0.29) is 24.2 Å². The highest BCUT2D eigenvalue weighted by Gasteiger charge is 2.35. The Morgan fingerprint density at radius 1 is 1.07 bits per heavy atom. The molecule has 0 spiro atoms.